The van der Waals surface area contributed by atoms with Crippen LogP contribution in [-0.2, 0) is 11.9 Å². The van der Waals surface area contributed by atoms with Crippen molar-refractivity contribution in [2.45, 2.75) is 17.2 Å². The second-order valence-corrected chi connectivity index (χ2v) is 5.65. The van der Waals surface area contributed by atoms with Crippen LogP contribution < -0.4 is 0 Å². The van der Waals surface area contributed by atoms with Crippen LogP contribution in [-0.4, -0.2) is 10.2 Å². The Balaban J connectivity index is 1.69. The number of thioether (sulfide) groups is 1. The first-order valence-corrected chi connectivity index (χ1v) is 7.69. The number of nitrogens with zero attached hydrogens (tertiary/aromatic N) is 2. The standard InChI is InChI=1S/C16H11F3N2OS/c17-16(18,19)13-8-6-12(7-9-13)14-20-21-15(22-14)23-10-11-4-2-1-3-5-11/h1-9H,10H2. The summed E-state index contributed by atoms with van der Waals surface area (Å²) in [4.78, 5) is 0. The third-order valence-corrected chi connectivity index (χ3v) is 3.96. The molecule has 0 bridgehead atoms. The normalized spacial score (nSPS) is 11.6. The Morgan fingerprint density at radius 1 is 0.913 bits per heavy atom. The fourth-order valence-corrected chi connectivity index (χ4v) is 2.62. The third kappa shape index (κ3) is 3.92. The largest absolute Gasteiger partial charge is 0.416 e. The van der Waals surface area contributed by atoms with E-state index < -0.39 is 11.7 Å². The van der Waals surface area contributed by atoms with E-state index in [0.717, 1.165) is 17.7 Å². The van der Waals surface area contributed by atoms with Gasteiger partial charge in [0, 0.05) is 11.3 Å². The highest BCUT2D eigenvalue weighted by Crippen LogP contribution is 2.31. The van der Waals surface area contributed by atoms with Crippen LogP contribution in [0.3, 0.4) is 0 Å². The maximum absolute atomic E-state index is 12.5. The first-order valence-electron chi connectivity index (χ1n) is 6.70. The summed E-state index contributed by atoms with van der Waals surface area (Å²) in [6.07, 6.45) is -4.36. The summed E-state index contributed by atoms with van der Waals surface area (Å²) >= 11 is 1.38. The van der Waals surface area contributed by atoms with Crippen LogP contribution in [0.25, 0.3) is 11.5 Å². The van der Waals surface area contributed by atoms with Gasteiger partial charge in [-0.2, -0.15) is 13.2 Å². The second-order valence-electron chi connectivity index (χ2n) is 4.72. The lowest BCUT2D eigenvalue weighted by molar-refractivity contribution is -0.137. The van der Waals surface area contributed by atoms with Crippen LogP contribution in [0.5, 0.6) is 0 Å². The number of rotatable bonds is 4. The summed E-state index contributed by atoms with van der Waals surface area (Å²) in [6.45, 7) is 0. The van der Waals surface area contributed by atoms with E-state index in [4.69, 9.17) is 4.42 Å². The highest BCUT2D eigenvalue weighted by atomic mass is 32.2. The predicted octanol–water partition coefficient (Wildman–Crippen LogP) is 5.05. The highest BCUT2D eigenvalue weighted by Gasteiger charge is 2.30. The minimum absolute atomic E-state index is 0.203. The van der Waals surface area contributed by atoms with Gasteiger partial charge in [0.1, 0.15) is 0 Å². The molecule has 23 heavy (non-hydrogen) atoms. The van der Waals surface area contributed by atoms with E-state index in [0.29, 0.717) is 16.5 Å². The van der Waals surface area contributed by atoms with Crippen molar-refractivity contribution in [3.8, 4) is 11.5 Å². The third-order valence-electron chi connectivity index (χ3n) is 3.07. The quantitative estimate of drug-likeness (QED) is 0.625. The molecule has 0 saturated heterocycles. The van der Waals surface area contributed by atoms with Gasteiger partial charge in [-0.05, 0) is 29.8 Å². The minimum atomic E-state index is -4.36. The van der Waals surface area contributed by atoms with Crippen molar-refractivity contribution in [1.82, 2.24) is 10.2 Å². The van der Waals surface area contributed by atoms with Gasteiger partial charge in [-0.1, -0.05) is 42.1 Å². The number of alkyl halides is 3. The molecule has 2 aromatic carbocycles. The molecule has 0 aliphatic carbocycles. The van der Waals surface area contributed by atoms with E-state index in [9.17, 15) is 13.2 Å². The summed E-state index contributed by atoms with van der Waals surface area (Å²) in [6, 6.07) is 14.4. The SMILES string of the molecule is FC(F)(F)c1ccc(-c2nnc(SCc3ccccc3)o2)cc1. The molecule has 3 aromatic rings. The summed E-state index contributed by atoms with van der Waals surface area (Å²) in [5, 5.41) is 8.15. The van der Waals surface area contributed by atoms with E-state index in [-0.39, 0.29) is 5.89 Å². The Labute approximate surface area is 134 Å². The van der Waals surface area contributed by atoms with Crippen molar-refractivity contribution in [2.75, 3.05) is 0 Å². The van der Waals surface area contributed by atoms with Gasteiger partial charge in [-0.3, -0.25) is 0 Å². The van der Waals surface area contributed by atoms with Gasteiger partial charge in [0.25, 0.3) is 5.22 Å². The fourth-order valence-electron chi connectivity index (χ4n) is 1.91. The Morgan fingerprint density at radius 3 is 2.26 bits per heavy atom. The van der Waals surface area contributed by atoms with Crippen LogP contribution in [0.15, 0.2) is 64.2 Å². The van der Waals surface area contributed by atoms with Gasteiger partial charge in [-0.15, -0.1) is 10.2 Å². The van der Waals surface area contributed by atoms with Crippen molar-refractivity contribution in [3.05, 3.63) is 65.7 Å². The molecule has 0 saturated carbocycles. The Bertz CT molecular complexity index is 770. The smallest absolute Gasteiger partial charge is 0.411 e. The van der Waals surface area contributed by atoms with E-state index in [2.05, 4.69) is 10.2 Å². The first-order chi connectivity index (χ1) is 11.0. The van der Waals surface area contributed by atoms with Crippen molar-refractivity contribution in [3.63, 3.8) is 0 Å². The predicted molar refractivity (Wildman–Crippen MR) is 80.7 cm³/mol. The zero-order valence-corrected chi connectivity index (χ0v) is 12.6. The number of aromatic nitrogens is 2. The summed E-state index contributed by atoms with van der Waals surface area (Å²) < 4.78 is 43.1. The van der Waals surface area contributed by atoms with E-state index in [1.165, 1.54) is 23.9 Å². The van der Waals surface area contributed by atoms with Crippen LogP contribution >= 0.6 is 11.8 Å². The Hall–Kier alpha value is -2.28. The molecule has 0 aliphatic rings. The summed E-state index contributed by atoms with van der Waals surface area (Å²) in [7, 11) is 0. The Kier molecular flexibility index (Phi) is 4.38. The minimum Gasteiger partial charge on any atom is -0.411 e. The first kappa shape index (κ1) is 15.6. The number of hydrogen-bond donors (Lipinski definition) is 0. The van der Waals surface area contributed by atoms with Crippen molar-refractivity contribution >= 4 is 11.8 Å². The molecule has 3 nitrogen and oxygen atoms in total. The topological polar surface area (TPSA) is 38.9 Å². The van der Waals surface area contributed by atoms with Crippen molar-refractivity contribution < 1.29 is 17.6 Å². The van der Waals surface area contributed by atoms with Crippen LogP contribution in [0.4, 0.5) is 13.2 Å². The van der Waals surface area contributed by atoms with E-state index in [1.807, 2.05) is 30.3 Å². The van der Waals surface area contributed by atoms with Gasteiger partial charge in [-0.25, -0.2) is 0 Å². The van der Waals surface area contributed by atoms with Crippen molar-refractivity contribution in [1.29, 1.82) is 0 Å². The molecule has 1 heterocycles. The van der Waals surface area contributed by atoms with Gasteiger partial charge in [0.05, 0.1) is 5.56 Å². The average Bonchev–Trinajstić information content (AvgIpc) is 3.02. The lowest BCUT2D eigenvalue weighted by atomic mass is 10.1. The van der Waals surface area contributed by atoms with Crippen LogP contribution in [0.1, 0.15) is 11.1 Å². The molecule has 0 N–H and O–H groups in total. The van der Waals surface area contributed by atoms with Crippen LogP contribution in [0, 0.1) is 0 Å². The molecule has 1 aromatic heterocycles. The molecule has 0 fully saturated rings. The molecule has 0 atom stereocenters. The zero-order valence-electron chi connectivity index (χ0n) is 11.7. The molecule has 7 heteroatoms. The fraction of sp³-hybridized carbons (Fsp3) is 0.125. The molecular formula is C16H11F3N2OS. The van der Waals surface area contributed by atoms with E-state index in [1.54, 1.807) is 0 Å². The maximum atomic E-state index is 12.5. The molecule has 0 amide bonds. The monoisotopic (exact) mass is 336 g/mol. The molecule has 0 radical (unpaired) electrons. The van der Waals surface area contributed by atoms with Crippen LogP contribution in [0.2, 0.25) is 0 Å². The summed E-state index contributed by atoms with van der Waals surface area (Å²) in [5.41, 5.74) is 0.864. The zero-order chi connectivity index (χ0) is 16.3. The second kappa shape index (κ2) is 6.45. The molecule has 0 aliphatic heterocycles. The van der Waals surface area contributed by atoms with Gasteiger partial charge >= 0.3 is 6.18 Å². The highest BCUT2D eigenvalue weighted by molar-refractivity contribution is 7.98. The molecule has 0 spiro atoms. The van der Waals surface area contributed by atoms with E-state index >= 15 is 0 Å². The van der Waals surface area contributed by atoms with Gasteiger partial charge < -0.3 is 4.42 Å². The average molecular weight is 336 g/mol. The number of halogens is 3. The maximum Gasteiger partial charge on any atom is 0.416 e. The van der Waals surface area contributed by atoms with Gasteiger partial charge in [0.15, 0.2) is 0 Å². The lowest BCUT2D eigenvalue weighted by Gasteiger charge is -2.05. The summed E-state index contributed by atoms with van der Waals surface area (Å²) in [5.74, 6) is 0.879. The molecule has 3 rings (SSSR count). The Morgan fingerprint density at radius 2 is 1.61 bits per heavy atom. The number of benzene rings is 2. The number of hydrogen-bond acceptors (Lipinski definition) is 4. The van der Waals surface area contributed by atoms with Gasteiger partial charge in [0.2, 0.25) is 5.89 Å². The molecule has 118 valence electrons. The van der Waals surface area contributed by atoms with Crippen molar-refractivity contribution in [2.24, 2.45) is 0 Å². The lowest BCUT2D eigenvalue weighted by Crippen LogP contribution is -2.03. The molecular weight excluding hydrogens is 325 g/mol. The molecule has 0 unspecified atom stereocenters.